The van der Waals surface area contributed by atoms with Gasteiger partial charge in [-0.15, -0.1) is 0 Å². The Morgan fingerprint density at radius 2 is 1.78 bits per heavy atom. The predicted molar refractivity (Wildman–Crippen MR) is 96.7 cm³/mol. The van der Waals surface area contributed by atoms with Gasteiger partial charge in [0.15, 0.2) is 0 Å². The minimum atomic E-state index is -9.80. The topological polar surface area (TPSA) is 76.4 Å². The standard InChI is InChI=1S/C16H18F5N3O2S/c1-2-26-16(25)24-14-8-7-12(9-13(14)22)23-10-11-5-3-4-6-15(11)27(17,18,19,20)21/h3-9,23H,2,10,22H2,1H3,(H,24,25). The Morgan fingerprint density at radius 1 is 1.11 bits per heavy atom. The van der Waals surface area contributed by atoms with Gasteiger partial charge in [-0.3, -0.25) is 5.32 Å². The number of hydrogen-bond donors (Lipinski definition) is 3. The molecule has 0 unspecified atom stereocenters. The highest BCUT2D eigenvalue weighted by Crippen LogP contribution is 3.02. The van der Waals surface area contributed by atoms with Crippen molar-refractivity contribution in [2.75, 3.05) is 23.0 Å². The van der Waals surface area contributed by atoms with Gasteiger partial charge in [0, 0.05) is 12.2 Å². The van der Waals surface area contributed by atoms with Crippen LogP contribution in [0.25, 0.3) is 0 Å². The summed E-state index contributed by atoms with van der Waals surface area (Å²) >= 11 is 0. The van der Waals surface area contributed by atoms with Gasteiger partial charge in [-0.25, -0.2) is 4.79 Å². The van der Waals surface area contributed by atoms with Gasteiger partial charge in [0.1, 0.15) is 4.90 Å². The van der Waals surface area contributed by atoms with Gasteiger partial charge in [-0.05, 0) is 36.8 Å². The molecular formula is C16H18F5N3O2S. The van der Waals surface area contributed by atoms with Crippen LogP contribution in [-0.4, -0.2) is 12.7 Å². The zero-order chi connectivity index (χ0) is 20.4. The average molecular weight is 411 g/mol. The lowest BCUT2D eigenvalue weighted by atomic mass is 10.2. The quantitative estimate of drug-likeness (QED) is 0.396. The van der Waals surface area contributed by atoms with E-state index in [2.05, 4.69) is 10.6 Å². The Kier molecular flexibility index (Phi) is 4.95. The largest absolute Gasteiger partial charge is 0.450 e. The second-order valence-electron chi connectivity index (χ2n) is 5.58. The SMILES string of the molecule is CCOC(=O)Nc1ccc(NCc2ccccc2S(F)(F)(F)(F)F)cc1N. The summed E-state index contributed by atoms with van der Waals surface area (Å²) < 4.78 is 70.4. The summed E-state index contributed by atoms with van der Waals surface area (Å²) in [4.78, 5) is 9.44. The number of ether oxygens (including phenoxy) is 1. The van der Waals surface area contributed by atoms with Crippen LogP contribution in [0.5, 0.6) is 0 Å². The Labute approximate surface area is 152 Å². The fourth-order valence-electron chi connectivity index (χ4n) is 2.29. The van der Waals surface area contributed by atoms with Crippen molar-refractivity contribution in [1.82, 2.24) is 0 Å². The normalized spacial score (nSPS) is 14.0. The average Bonchev–Trinajstić information content (AvgIpc) is 2.53. The number of nitrogens with two attached hydrogens (primary N) is 1. The monoisotopic (exact) mass is 411 g/mol. The van der Waals surface area contributed by atoms with E-state index in [9.17, 15) is 24.2 Å². The van der Waals surface area contributed by atoms with E-state index in [4.69, 9.17) is 10.5 Å². The Hall–Kier alpha value is -2.69. The van der Waals surface area contributed by atoms with Crippen LogP contribution in [0.4, 0.5) is 41.3 Å². The summed E-state index contributed by atoms with van der Waals surface area (Å²) in [6.07, 6.45) is -0.713. The van der Waals surface area contributed by atoms with Crippen molar-refractivity contribution < 1.29 is 29.0 Å². The lowest BCUT2D eigenvalue weighted by molar-refractivity contribution is 0.168. The molecule has 0 aromatic heterocycles. The number of carbonyl (C=O) groups is 1. The maximum Gasteiger partial charge on any atom is 0.411 e. The van der Waals surface area contributed by atoms with Gasteiger partial charge >= 0.3 is 16.3 Å². The molecule has 0 bridgehead atoms. The molecule has 1 amide bonds. The van der Waals surface area contributed by atoms with Crippen molar-refractivity contribution in [2.45, 2.75) is 18.4 Å². The minimum absolute atomic E-state index is 0.119. The maximum atomic E-state index is 13.1. The molecule has 0 saturated heterocycles. The van der Waals surface area contributed by atoms with Crippen molar-refractivity contribution >= 4 is 33.4 Å². The molecule has 0 aliphatic rings. The van der Waals surface area contributed by atoms with Gasteiger partial charge in [-0.1, -0.05) is 37.6 Å². The van der Waals surface area contributed by atoms with Gasteiger partial charge in [-0.2, -0.15) is 0 Å². The smallest absolute Gasteiger partial charge is 0.411 e. The minimum Gasteiger partial charge on any atom is -0.450 e. The summed E-state index contributed by atoms with van der Waals surface area (Å²) in [5.74, 6) is 0. The van der Waals surface area contributed by atoms with E-state index in [1.807, 2.05) is 0 Å². The predicted octanol–water partition coefficient (Wildman–Crippen LogP) is 6.11. The summed E-state index contributed by atoms with van der Waals surface area (Å²) in [7, 11) is -9.80. The lowest BCUT2D eigenvalue weighted by Gasteiger charge is -2.41. The lowest BCUT2D eigenvalue weighted by Crippen LogP contribution is -2.14. The van der Waals surface area contributed by atoms with Crippen molar-refractivity contribution in [1.29, 1.82) is 0 Å². The zero-order valence-electron chi connectivity index (χ0n) is 14.1. The molecule has 0 atom stereocenters. The van der Waals surface area contributed by atoms with Gasteiger partial charge in [0.25, 0.3) is 0 Å². The number of carbonyl (C=O) groups excluding carboxylic acids is 1. The molecule has 0 aliphatic heterocycles. The van der Waals surface area contributed by atoms with Crippen molar-refractivity contribution in [2.24, 2.45) is 0 Å². The molecule has 27 heavy (non-hydrogen) atoms. The molecule has 0 aliphatic carbocycles. The summed E-state index contributed by atoms with van der Waals surface area (Å²) in [5.41, 5.74) is 5.83. The number of halogens is 5. The highest BCUT2D eigenvalue weighted by molar-refractivity contribution is 8.45. The molecular weight excluding hydrogens is 393 g/mol. The summed E-state index contributed by atoms with van der Waals surface area (Å²) in [6.45, 7) is 1.29. The zero-order valence-corrected chi connectivity index (χ0v) is 15.0. The molecule has 4 N–H and O–H groups in total. The van der Waals surface area contributed by atoms with Gasteiger partial charge in [0.05, 0.1) is 18.0 Å². The van der Waals surface area contributed by atoms with Crippen molar-refractivity contribution in [3.05, 3.63) is 48.0 Å². The van der Waals surface area contributed by atoms with E-state index in [0.29, 0.717) is 11.8 Å². The van der Waals surface area contributed by atoms with Crippen molar-refractivity contribution in [3.8, 4) is 0 Å². The molecule has 150 valence electrons. The first-order chi connectivity index (χ1) is 12.3. The fourth-order valence-corrected chi connectivity index (χ4v) is 3.26. The number of nitrogen functional groups attached to an aromatic ring is 1. The Morgan fingerprint density at radius 3 is 2.37 bits per heavy atom. The third-order valence-corrected chi connectivity index (χ3v) is 4.66. The van der Waals surface area contributed by atoms with Crippen LogP contribution >= 0.6 is 10.2 Å². The number of amides is 1. The van der Waals surface area contributed by atoms with Crippen LogP contribution in [-0.2, 0) is 11.3 Å². The van der Waals surface area contributed by atoms with E-state index in [-0.39, 0.29) is 18.0 Å². The molecule has 11 heteroatoms. The molecule has 0 radical (unpaired) electrons. The number of hydrogen-bond acceptors (Lipinski definition) is 4. The second-order valence-corrected chi connectivity index (χ2v) is 7.96. The van der Waals surface area contributed by atoms with Crippen LogP contribution in [0, 0.1) is 0 Å². The Bertz CT molecular complexity index is 859. The van der Waals surface area contributed by atoms with E-state index < -0.39 is 33.3 Å². The van der Waals surface area contributed by atoms with E-state index in [1.165, 1.54) is 24.3 Å². The Balaban J connectivity index is 2.17. The molecule has 5 nitrogen and oxygen atoms in total. The number of benzene rings is 2. The van der Waals surface area contributed by atoms with Crippen LogP contribution in [0.3, 0.4) is 0 Å². The first-order valence-corrected chi connectivity index (χ1v) is 9.64. The van der Waals surface area contributed by atoms with Crippen LogP contribution < -0.4 is 16.4 Å². The van der Waals surface area contributed by atoms with Crippen LogP contribution in [0.1, 0.15) is 12.5 Å². The highest BCUT2D eigenvalue weighted by atomic mass is 32.5. The third kappa shape index (κ3) is 5.64. The molecule has 2 aromatic carbocycles. The first-order valence-electron chi connectivity index (χ1n) is 7.69. The summed E-state index contributed by atoms with van der Waals surface area (Å²) in [5, 5.41) is 5.01. The highest BCUT2D eigenvalue weighted by Gasteiger charge is 2.66. The van der Waals surface area contributed by atoms with Gasteiger partial charge in [0.2, 0.25) is 0 Å². The molecule has 2 aromatic rings. The molecule has 0 saturated carbocycles. The molecule has 0 spiro atoms. The number of anilines is 3. The van der Waals surface area contributed by atoms with Crippen LogP contribution in [0.2, 0.25) is 0 Å². The van der Waals surface area contributed by atoms with E-state index >= 15 is 0 Å². The van der Waals surface area contributed by atoms with E-state index in [1.54, 1.807) is 6.92 Å². The van der Waals surface area contributed by atoms with E-state index in [0.717, 1.165) is 12.1 Å². The second kappa shape index (κ2) is 6.48. The number of rotatable bonds is 6. The van der Waals surface area contributed by atoms with Crippen LogP contribution in [0.15, 0.2) is 47.4 Å². The number of nitrogens with one attached hydrogen (secondary N) is 2. The molecule has 0 fully saturated rings. The van der Waals surface area contributed by atoms with Crippen molar-refractivity contribution in [3.63, 3.8) is 0 Å². The van der Waals surface area contributed by atoms with Gasteiger partial charge < -0.3 is 15.8 Å². The maximum absolute atomic E-state index is 13.1. The third-order valence-electron chi connectivity index (χ3n) is 3.43. The molecule has 0 heterocycles. The first kappa shape index (κ1) is 20.6. The molecule has 2 rings (SSSR count). The summed E-state index contributed by atoms with van der Waals surface area (Å²) in [6, 6.07) is 7.67. The fraction of sp³-hybridized carbons (Fsp3) is 0.188.